The predicted octanol–water partition coefficient (Wildman–Crippen LogP) is 6.00. The van der Waals surface area contributed by atoms with Crippen LogP contribution in [0, 0.1) is 0 Å². The first-order chi connectivity index (χ1) is 15.8. The van der Waals surface area contributed by atoms with E-state index in [1.807, 2.05) is 72.8 Å². The van der Waals surface area contributed by atoms with Gasteiger partial charge in [-0.3, -0.25) is 0 Å². The van der Waals surface area contributed by atoms with Gasteiger partial charge in [-0.1, -0.05) is 137 Å². The van der Waals surface area contributed by atoms with Gasteiger partial charge >= 0.3 is 0 Å². The van der Waals surface area contributed by atoms with Crippen molar-refractivity contribution in [3.8, 4) is 0 Å². The molecule has 0 amide bonds. The van der Waals surface area contributed by atoms with Crippen LogP contribution in [0.5, 0.6) is 0 Å². The summed E-state index contributed by atoms with van der Waals surface area (Å²) in [5.74, 6) is 0.614. The number of hydrogen-bond donors (Lipinski definition) is 0. The third-order valence-corrected chi connectivity index (χ3v) is 6.56. The van der Waals surface area contributed by atoms with Crippen LogP contribution >= 0.6 is 15.9 Å². The number of benzene rings is 4. The SMILES string of the molecule is BrC(c1ccccc1)c1nnn(C(c2ccccc2)(c2ccccc2)c2ccccc2)n1. The molecular weight excluding hydrogens is 460 g/mol. The Morgan fingerprint density at radius 3 is 1.44 bits per heavy atom. The maximum Gasteiger partial charge on any atom is 0.192 e. The van der Waals surface area contributed by atoms with E-state index >= 15 is 0 Å². The van der Waals surface area contributed by atoms with Crippen LogP contribution in [0.15, 0.2) is 121 Å². The molecule has 1 atom stereocenters. The van der Waals surface area contributed by atoms with E-state index in [0.29, 0.717) is 5.82 Å². The van der Waals surface area contributed by atoms with Crippen molar-refractivity contribution in [2.24, 2.45) is 0 Å². The van der Waals surface area contributed by atoms with Crippen molar-refractivity contribution >= 4 is 15.9 Å². The Bertz CT molecular complexity index is 1180. The summed E-state index contributed by atoms with van der Waals surface area (Å²) in [4.78, 5) is 1.59. The monoisotopic (exact) mass is 480 g/mol. The lowest BCUT2D eigenvalue weighted by atomic mass is 9.77. The quantitative estimate of drug-likeness (QED) is 0.221. The first-order valence-corrected chi connectivity index (χ1v) is 11.4. The van der Waals surface area contributed by atoms with Gasteiger partial charge in [0.15, 0.2) is 11.4 Å². The van der Waals surface area contributed by atoms with Crippen LogP contribution in [-0.2, 0) is 5.54 Å². The van der Waals surface area contributed by atoms with Crippen molar-refractivity contribution < 1.29 is 0 Å². The number of tetrazole rings is 1. The maximum absolute atomic E-state index is 4.94. The van der Waals surface area contributed by atoms with Crippen molar-refractivity contribution in [2.45, 2.75) is 10.4 Å². The average molecular weight is 481 g/mol. The molecule has 5 heteroatoms. The van der Waals surface area contributed by atoms with Gasteiger partial charge in [-0.2, -0.15) is 0 Å². The standard InChI is InChI=1S/C27H21BrN4/c28-25(21-13-5-1-6-14-21)26-29-31-32(30-26)27(22-15-7-2-8-16-22,23-17-9-3-10-18-23)24-19-11-4-12-20-24/h1-20,25H. The molecule has 4 aromatic carbocycles. The molecule has 0 aliphatic heterocycles. The molecule has 1 unspecified atom stereocenters. The van der Waals surface area contributed by atoms with E-state index in [0.717, 1.165) is 22.3 Å². The number of aromatic nitrogens is 4. The smallest absolute Gasteiger partial charge is 0.144 e. The van der Waals surface area contributed by atoms with Crippen LogP contribution in [0.25, 0.3) is 0 Å². The van der Waals surface area contributed by atoms with E-state index in [2.05, 4.69) is 74.8 Å². The number of hydrogen-bond acceptors (Lipinski definition) is 3. The Morgan fingerprint density at radius 2 is 1.00 bits per heavy atom. The number of nitrogens with zero attached hydrogens (tertiary/aromatic N) is 4. The van der Waals surface area contributed by atoms with Gasteiger partial charge < -0.3 is 0 Å². The summed E-state index contributed by atoms with van der Waals surface area (Å²) in [7, 11) is 0. The largest absolute Gasteiger partial charge is 0.192 e. The first-order valence-electron chi connectivity index (χ1n) is 10.5. The summed E-state index contributed by atoms with van der Waals surface area (Å²) in [5.41, 5.74) is 3.50. The predicted molar refractivity (Wildman–Crippen MR) is 130 cm³/mol. The summed E-state index contributed by atoms with van der Waals surface area (Å²) < 4.78 is 0. The van der Waals surface area contributed by atoms with Crippen molar-refractivity contribution in [2.75, 3.05) is 0 Å². The first kappa shape index (κ1) is 20.3. The van der Waals surface area contributed by atoms with E-state index in [1.165, 1.54) is 0 Å². The second-order valence-electron chi connectivity index (χ2n) is 7.52. The second-order valence-corrected chi connectivity index (χ2v) is 8.43. The van der Waals surface area contributed by atoms with Crippen LogP contribution in [0.4, 0.5) is 0 Å². The molecule has 0 aliphatic carbocycles. The molecule has 0 spiro atoms. The fourth-order valence-corrected chi connectivity index (χ4v) is 4.61. The molecule has 0 N–H and O–H groups in total. The number of rotatable bonds is 6. The molecule has 0 radical (unpaired) electrons. The Labute approximate surface area is 195 Å². The van der Waals surface area contributed by atoms with Gasteiger partial charge in [-0.25, -0.2) is 0 Å². The van der Waals surface area contributed by atoms with Crippen LogP contribution in [0.3, 0.4) is 0 Å². The lowest BCUT2D eigenvalue weighted by Gasteiger charge is -2.34. The number of alkyl halides is 1. The Kier molecular flexibility index (Phi) is 5.65. The fourth-order valence-electron chi connectivity index (χ4n) is 4.12. The van der Waals surface area contributed by atoms with Gasteiger partial charge in [0.2, 0.25) is 0 Å². The lowest BCUT2D eigenvalue weighted by molar-refractivity contribution is 0.394. The highest BCUT2D eigenvalue weighted by molar-refractivity contribution is 9.09. The van der Waals surface area contributed by atoms with Crippen molar-refractivity contribution in [3.63, 3.8) is 0 Å². The second kappa shape index (κ2) is 8.89. The summed E-state index contributed by atoms with van der Waals surface area (Å²) in [6, 6.07) is 41.2. The number of halogens is 1. The molecule has 0 aliphatic rings. The molecule has 0 fully saturated rings. The zero-order valence-corrected chi connectivity index (χ0v) is 18.9. The Morgan fingerprint density at radius 1 is 0.594 bits per heavy atom. The van der Waals surface area contributed by atoms with Gasteiger partial charge in [-0.05, 0) is 27.5 Å². The van der Waals surface area contributed by atoms with E-state index < -0.39 is 5.54 Å². The van der Waals surface area contributed by atoms with Crippen LogP contribution in [0.1, 0.15) is 32.9 Å². The summed E-state index contributed by atoms with van der Waals surface area (Å²) in [6.07, 6.45) is 0. The molecule has 1 heterocycles. The van der Waals surface area contributed by atoms with Gasteiger partial charge in [-0.15, -0.1) is 15.0 Å². The normalized spacial score (nSPS) is 12.4. The van der Waals surface area contributed by atoms with Crippen LogP contribution < -0.4 is 0 Å². The zero-order valence-electron chi connectivity index (χ0n) is 17.3. The van der Waals surface area contributed by atoms with Gasteiger partial charge in [0, 0.05) is 0 Å². The minimum atomic E-state index is -0.765. The van der Waals surface area contributed by atoms with Crippen LogP contribution in [-0.4, -0.2) is 20.2 Å². The summed E-state index contributed by atoms with van der Waals surface area (Å²) in [6.45, 7) is 0. The molecule has 156 valence electrons. The topological polar surface area (TPSA) is 43.6 Å². The molecular formula is C27H21BrN4. The van der Waals surface area contributed by atoms with Gasteiger partial charge in [0.25, 0.3) is 0 Å². The van der Waals surface area contributed by atoms with Crippen LogP contribution in [0.2, 0.25) is 0 Å². The molecule has 5 aromatic rings. The van der Waals surface area contributed by atoms with Gasteiger partial charge in [0.05, 0.1) is 0 Å². The third kappa shape index (κ3) is 3.55. The minimum Gasteiger partial charge on any atom is -0.144 e. The molecule has 5 rings (SSSR count). The van der Waals surface area contributed by atoms with Gasteiger partial charge in [0.1, 0.15) is 4.83 Å². The van der Waals surface area contributed by atoms with Crippen molar-refractivity contribution in [3.05, 3.63) is 149 Å². The molecule has 32 heavy (non-hydrogen) atoms. The average Bonchev–Trinajstić information content (AvgIpc) is 3.37. The molecule has 0 saturated heterocycles. The highest BCUT2D eigenvalue weighted by atomic mass is 79.9. The molecule has 0 bridgehead atoms. The molecule has 0 saturated carbocycles. The third-order valence-electron chi connectivity index (χ3n) is 5.62. The van der Waals surface area contributed by atoms with E-state index in [-0.39, 0.29) is 4.83 Å². The van der Waals surface area contributed by atoms with Crippen molar-refractivity contribution in [1.82, 2.24) is 20.2 Å². The molecule has 1 aromatic heterocycles. The van der Waals surface area contributed by atoms with E-state index in [9.17, 15) is 0 Å². The Hall–Kier alpha value is -3.57. The highest BCUT2D eigenvalue weighted by Crippen LogP contribution is 2.40. The summed E-state index contributed by atoms with van der Waals surface area (Å²) in [5, 5.41) is 14.0. The highest BCUT2D eigenvalue weighted by Gasteiger charge is 2.41. The Balaban J connectivity index is 1.75. The molecule has 4 nitrogen and oxygen atoms in total. The van der Waals surface area contributed by atoms with E-state index in [1.54, 1.807) is 4.80 Å². The van der Waals surface area contributed by atoms with Crippen molar-refractivity contribution in [1.29, 1.82) is 0 Å². The van der Waals surface area contributed by atoms with E-state index in [4.69, 9.17) is 5.10 Å². The zero-order chi connectivity index (χ0) is 21.8. The lowest BCUT2D eigenvalue weighted by Crippen LogP contribution is -2.39. The maximum atomic E-state index is 4.94. The minimum absolute atomic E-state index is 0.155. The fraction of sp³-hybridized carbons (Fsp3) is 0.0741. The summed E-state index contributed by atoms with van der Waals surface area (Å²) >= 11 is 3.76.